The Balaban J connectivity index is 3.09. The van der Waals surface area contributed by atoms with Crippen LogP contribution in [0.5, 0.6) is 0 Å². The van der Waals surface area contributed by atoms with E-state index in [0.717, 1.165) is 0 Å². The number of unbranched alkanes of at least 4 members (excludes halogenated alkanes) is 1. The van der Waals surface area contributed by atoms with Crippen LogP contribution in [0.2, 0.25) is 0 Å². The summed E-state index contributed by atoms with van der Waals surface area (Å²) in [4.78, 5) is 61.7. The number of H-pyrrole nitrogens is 1. The highest BCUT2D eigenvalue weighted by Gasteiger charge is 2.32. The number of nitrogens with zero attached hydrogens (tertiary/aromatic N) is 2. The van der Waals surface area contributed by atoms with Crippen LogP contribution in [0.1, 0.15) is 58.1 Å². The summed E-state index contributed by atoms with van der Waals surface area (Å²) in [6.07, 6.45) is 5.71. The Kier molecular flexibility index (Phi) is 15.1. The van der Waals surface area contributed by atoms with Crippen molar-refractivity contribution >= 4 is 29.7 Å². The summed E-state index contributed by atoms with van der Waals surface area (Å²) in [5.74, 6) is -3.50. The summed E-state index contributed by atoms with van der Waals surface area (Å²) < 4.78 is 0. The maximum absolute atomic E-state index is 13.4. The fourth-order valence-electron chi connectivity index (χ4n) is 3.73. The number of hydrogen-bond donors (Lipinski definition) is 9. The van der Waals surface area contributed by atoms with Crippen molar-refractivity contribution in [3.63, 3.8) is 0 Å². The van der Waals surface area contributed by atoms with Crippen LogP contribution in [0.3, 0.4) is 0 Å². The number of guanidine groups is 1. The highest BCUT2D eigenvalue weighted by atomic mass is 16.4. The van der Waals surface area contributed by atoms with Gasteiger partial charge < -0.3 is 49.0 Å². The lowest BCUT2D eigenvalue weighted by Gasteiger charge is -2.26. The molecule has 0 bridgehead atoms. The summed E-state index contributed by atoms with van der Waals surface area (Å²) >= 11 is 0. The predicted octanol–water partition coefficient (Wildman–Crippen LogP) is -1.95. The van der Waals surface area contributed by atoms with Crippen LogP contribution < -0.4 is 38.9 Å². The second kappa shape index (κ2) is 17.7. The largest absolute Gasteiger partial charge is 0.480 e. The Bertz CT molecular complexity index is 936. The molecule has 13 N–H and O–H groups in total. The minimum atomic E-state index is -1.18. The summed E-state index contributed by atoms with van der Waals surface area (Å²) in [6.45, 7) is 4.19. The van der Waals surface area contributed by atoms with Crippen molar-refractivity contribution < 1.29 is 24.3 Å². The Morgan fingerprint density at radius 3 is 2.26 bits per heavy atom. The molecule has 15 nitrogen and oxygen atoms in total. The second-order valence-electron chi connectivity index (χ2n) is 9.45. The van der Waals surface area contributed by atoms with Gasteiger partial charge >= 0.3 is 5.97 Å². The molecule has 1 rings (SSSR count). The number of aromatic nitrogens is 2. The van der Waals surface area contributed by atoms with E-state index in [2.05, 4.69) is 30.9 Å². The first-order chi connectivity index (χ1) is 18.5. The highest BCUT2D eigenvalue weighted by Crippen LogP contribution is 2.10. The lowest BCUT2D eigenvalue weighted by atomic mass is 9.98. The molecule has 1 aromatic rings. The molecule has 0 saturated heterocycles. The van der Waals surface area contributed by atoms with Crippen LogP contribution in [0, 0.1) is 5.92 Å². The fraction of sp³-hybridized carbons (Fsp3) is 0.667. The maximum atomic E-state index is 13.4. The van der Waals surface area contributed by atoms with Crippen LogP contribution in [0.15, 0.2) is 17.5 Å². The molecule has 0 aliphatic heterocycles. The molecule has 0 fully saturated rings. The van der Waals surface area contributed by atoms with Crippen molar-refractivity contribution in [1.82, 2.24) is 25.9 Å². The van der Waals surface area contributed by atoms with Gasteiger partial charge in [0.25, 0.3) is 0 Å². The van der Waals surface area contributed by atoms with E-state index in [0.29, 0.717) is 44.3 Å². The maximum Gasteiger partial charge on any atom is 0.326 e. The van der Waals surface area contributed by atoms with E-state index in [-0.39, 0.29) is 31.3 Å². The number of hydrogen-bond acceptors (Lipinski definition) is 8. The van der Waals surface area contributed by atoms with E-state index in [1.165, 1.54) is 12.5 Å². The van der Waals surface area contributed by atoms with Gasteiger partial charge in [0.05, 0.1) is 12.4 Å². The van der Waals surface area contributed by atoms with E-state index >= 15 is 0 Å². The molecule has 5 atom stereocenters. The van der Waals surface area contributed by atoms with Crippen LogP contribution in [0.25, 0.3) is 0 Å². The molecule has 220 valence electrons. The van der Waals surface area contributed by atoms with Gasteiger partial charge in [0, 0.05) is 24.9 Å². The van der Waals surface area contributed by atoms with Gasteiger partial charge in [-0.2, -0.15) is 0 Å². The van der Waals surface area contributed by atoms with Gasteiger partial charge in [0.2, 0.25) is 17.7 Å². The predicted molar refractivity (Wildman–Crippen MR) is 146 cm³/mol. The van der Waals surface area contributed by atoms with Crippen LogP contribution in [-0.2, 0) is 25.6 Å². The number of carbonyl (C=O) groups excluding carboxylic acids is 3. The third-order valence-electron chi connectivity index (χ3n) is 6.27. The van der Waals surface area contributed by atoms with Crippen LogP contribution >= 0.6 is 0 Å². The minimum Gasteiger partial charge on any atom is -0.480 e. The number of nitrogens with one attached hydrogen (secondary N) is 4. The third kappa shape index (κ3) is 12.6. The first kappa shape index (κ1) is 33.3. The quantitative estimate of drug-likeness (QED) is 0.0519. The van der Waals surface area contributed by atoms with Gasteiger partial charge in [-0.05, 0) is 38.1 Å². The number of carboxylic acid groups (broad SMARTS) is 1. The van der Waals surface area contributed by atoms with Crippen molar-refractivity contribution in [3.8, 4) is 0 Å². The van der Waals surface area contributed by atoms with Crippen molar-refractivity contribution in [2.45, 2.75) is 83.0 Å². The van der Waals surface area contributed by atoms with E-state index in [4.69, 9.17) is 22.9 Å². The monoisotopic (exact) mass is 552 g/mol. The molecule has 15 heteroatoms. The van der Waals surface area contributed by atoms with Crippen molar-refractivity contribution in [2.75, 3.05) is 13.1 Å². The van der Waals surface area contributed by atoms with Gasteiger partial charge in [0.15, 0.2) is 5.96 Å². The van der Waals surface area contributed by atoms with Crippen LogP contribution in [0.4, 0.5) is 0 Å². The molecule has 3 amide bonds. The molecule has 1 aromatic heterocycles. The Labute approximate surface area is 228 Å². The summed E-state index contributed by atoms with van der Waals surface area (Å²) in [5, 5.41) is 17.4. The SMILES string of the molecule is CCC(C)C(NC(=O)C(CCCN=C(N)N)NC(=O)C(Cc1cnc[nH]1)NC(=O)C(N)CCCCN)C(=O)O. The van der Waals surface area contributed by atoms with E-state index in [1.807, 2.05) is 6.92 Å². The number of nitrogens with two attached hydrogens (primary N) is 4. The number of imidazole rings is 1. The number of amides is 3. The standard InChI is InChI=1S/C24H44N10O5/c1-3-14(2)19(23(38)39)34-21(36)17(8-6-10-30-24(27)28)32-22(37)18(11-15-12-29-13-31-15)33-20(35)16(26)7-4-5-9-25/h12-14,16-19H,3-11,25-26H2,1-2H3,(H,29,31)(H,32,37)(H,33,35)(H,34,36)(H,38,39)(H4,27,28,30). The Morgan fingerprint density at radius 1 is 1.03 bits per heavy atom. The molecule has 0 aliphatic rings. The molecular formula is C24H44N10O5. The minimum absolute atomic E-state index is 0.0556. The van der Waals surface area contributed by atoms with Crippen molar-refractivity contribution in [2.24, 2.45) is 33.8 Å². The first-order valence-corrected chi connectivity index (χ1v) is 13.1. The summed E-state index contributed by atoms with van der Waals surface area (Å²) in [7, 11) is 0. The van der Waals surface area contributed by atoms with E-state index in [9.17, 15) is 24.3 Å². The number of aliphatic carboxylic acids is 1. The van der Waals surface area contributed by atoms with Gasteiger partial charge in [-0.1, -0.05) is 26.7 Å². The summed E-state index contributed by atoms with van der Waals surface area (Å²) in [5.41, 5.74) is 22.8. The second-order valence-corrected chi connectivity index (χ2v) is 9.45. The van der Waals surface area contributed by atoms with Gasteiger partial charge in [-0.25, -0.2) is 9.78 Å². The molecule has 0 aromatic carbocycles. The molecule has 0 aliphatic carbocycles. The third-order valence-corrected chi connectivity index (χ3v) is 6.27. The Hall–Kier alpha value is -3.72. The van der Waals surface area contributed by atoms with Gasteiger partial charge in [-0.15, -0.1) is 0 Å². The molecule has 0 spiro atoms. The fourth-order valence-corrected chi connectivity index (χ4v) is 3.73. The molecular weight excluding hydrogens is 508 g/mol. The van der Waals surface area contributed by atoms with E-state index in [1.54, 1.807) is 6.92 Å². The smallest absolute Gasteiger partial charge is 0.326 e. The normalized spacial score (nSPS) is 14.8. The lowest BCUT2D eigenvalue weighted by Crippen LogP contribution is -2.58. The molecule has 0 radical (unpaired) electrons. The van der Waals surface area contributed by atoms with Gasteiger partial charge in [-0.3, -0.25) is 19.4 Å². The van der Waals surface area contributed by atoms with Gasteiger partial charge in [0.1, 0.15) is 18.1 Å². The highest BCUT2D eigenvalue weighted by molar-refractivity contribution is 5.94. The molecule has 0 saturated carbocycles. The number of rotatable bonds is 19. The number of carboxylic acids is 1. The zero-order valence-corrected chi connectivity index (χ0v) is 22.7. The molecule has 5 unspecified atom stereocenters. The summed E-state index contributed by atoms with van der Waals surface area (Å²) in [6, 6.07) is -4.20. The van der Waals surface area contributed by atoms with Crippen molar-refractivity contribution in [1.29, 1.82) is 0 Å². The van der Waals surface area contributed by atoms with E-state index < -0.39 is 47.9 Å². The van der Waals surface area contributed by atoms with Crippen molar-refractivity contribution in [3.05, 3.63) is 18.2 Å². The molecule has 1 heterocycles. The lowest BCUT2D eigenvalue weighted by molar-refractivity contribution is -0.144. The number of aromatic amines is 1. The zero-order valence-electron chi connectivity index (χ0n) is 22.7. The Morgan fingerprint density at radius 2 is 1.69 bits per heavy atom. The average molecular weight is 553 g/mol. The number of carbonyl (C=O) groups is 4. The number of aliphatic imine (C=N–C) groups is 1. The average Bonchev–Trinajstić information content (AvgIpc) is 3.40. The first-order valence-electron chi connectivity index (χ1n) is 13.1. The zero-order chi connectivity index (χ0) is 29.4. The van der Waals surface area contributed by atoms with Crippen LogP contribution in [-0.4, -0.2) is 82.0 Å². The topological polar surface area (TPSA) is 270 Å². The molecule has 39 heavy (non-hydrogen) atoms.